The van der Waals surface area contributed by atoms with Crippen molar-refractivity contribution in [1.29, 1.82) is 0 Å². The first-order valence-electron chi connectivity index (χ1n) is 7.28. The highest BCUT2D eigenvalue weighted by molar-refractivity contribution is 5.50. The predicted molar refractivity (Wildman–Crippen MR) is 79.8 cm³/mol. The lowest BCUT2D eigenvalue weighted by Gasteiger charge is -2.14. The van der Waals surface area contributed by atoms with Crippen molar-refractivity contribution in [2.75, 3.05) is 27.9 Å². The fourth-order valence-electron chi connectivity index (χ4n) is 2.38. The summed E-state index contributed by atoms with van der Waals surface area (Å²) in [4.78, 5) is 0. The molecule has 0 spiro atoms. The molecule has 0 aromatic heterocycles. The lowest BCUT2D eigenvalue weighted by Crippen LogP contribution is -2.15. The van der Waals surface area contributed by atoms with Crippen molar-refractivity contribution in [3.05, 3.63) is 17.7 Å². The summed E-state index contributed by atoms with van der Waals surface area (Å²) in [5.41, 5.74) is 1.09. The molecular weight excluding hydrogens is 254 g/mol. The lowest BCUT2D eigenvalue weighted by atomic mass is 10.1. The van der Waals surface area contributed by atoms with Crippen molar-refractivity contribution in [3.63, 3.8) is 0 Å². The molecule has 1 aromatic rings. The van der Waals surface area contributed by atoms with E-state index < -0.39 is 0 Å². The Balaban J connectivity index is 1.90. The van der Waals surface area contributed by atoms with Gasteiger partial charge in [-0.25, -0.2) is 0 Å². The maximum atomic E-state index is 5.42. The third-order valence-electron chi connectivity index (χ3n) is 3.76. The largest absolute Gasteiger partial charge is 0.496 e. The van der Waals surface area contributed by atoms with Gasteiger partial charge in [0.15, 0.2) is 11.5 Å². The Kier molecular flexibility index (Phi) is 5.53. The molecule has 2 rings (SSSR count). The van der Waals surface area contributed by atoms with Gasteiger partial charge in [-0.3, -0.25) is 0 Å². The van der Waals surface area contributed by atoms with Crippen molar-refractivity contribution in [2.24, 2.45) is 5.92 Å². The quantitative estimate of drug-likeness (QED) is 0.705. The van der Waals surface area contributed by atoms with Gasteiger partial charge in [0, 0.05) is 18.2 Å². The number of rotatable bonds is 9. The van der Waals surface area contributed by atoms with Crippen LogP contribution in [0.25, 0.3) is 0 Å². The Morgan fingerprint density at radius 3 is 2.25 bits per heavy atom. The van der Waals surface area contributed by atoms with Gasteiger partial charge in [0.05, 0.1) is 21.3 Å². The molecule has 1 aliphatic carbocycles. The summed E-state index contributed by atoms with van der Waals surface area (Å²) < 4.78 is 16.0. The Bertz CT molecular complexity index is 430. The van der Waals surface area contributed by atoms with E-state index in [-0.39, 0.29) is 0 Å². The van der Waals surface area contributed by atoms with Crippen LogP contribution in [0.3, 0.4) is 0 Å². The van der Waals surface area contributed by atoms with Crippen LogP contribution >= 0.6 is 0 Å². The Morgan fingerprint density at radius 1 is 1.00 bits per heavy atom. The molecule has 1 saturated carbocycles. The van der Waals surface area contributed by atoms with Crippen molar-refractivity contribution >= 4 is 0 Å². The van der Waals surface area contributed by atoms with Gasteiger partial charge in [-0.15, -0.1) is 0 Å². The molecule has 0 aliphatic heterocycles. The minimum atomic E-state index is 0.696. The van der Waals surface area contributed by atoms with Crippen LogP contribution in [0, 0.1) is 5.92 Å². The molecule has 20 heavy (non-hydrogen) atoms. The predicted octanol–water partition coefficient (Wildman–Crippen LogP) is 2.99. The van der Waals surface area contributed by atoms with Gasteiger partial charge >= 0.3 is 0 Å². The highest BCUT2D eigenvalue weighted by Crippen LogP contribution is 2.35. The van der Waals surface area contributed by atoms with Crippen molar-refractivity contribution in [3.8, 4) is 17.2 Å². The van der Waals surface area contributed by atoms with Gasteiger partial charge < -0.3 is 19.5 Å². The summed E-state index contributed by atoms with van der Waals surface area (Å²) in [7, 11) is 4.96. The molecule has 1 N–H and O–H groups in total. The Morgan fingerprint density at radius 2 is 1.65 bits per heavy atom. The van der Waals surface area contributed by atoms with E-state index in [0.29, 0.717) is 5.75 Å². The lowest BCUT2D eigenvalue weighted by molar-refractivity contribution is 0.347. The molecule has 0 atom stereocenters. The number of benzene rings is 1. The van der Waals surface area contributed by atoms with Gasteiger partial charge in [-0.2, -0.15) is 0 Å². The Labute approximate surface area is 121 Å². The van der Waals surface area contributed by atoms with Crippen LogP contribution in [0.5, 0.6) is 17.2 Å². The van der Waals surface area contributed by atoms with E-state index in [2.05, 4.69) is 5.32 Å². The monoisotopic (exact) mass is 279 g/mol. The van der Waals surface area contributed by atoms with Crippen LogP contribution in [0.2, 0.25) is 0 Å². The SMILES string of the molecule is COc1cc(OC)c(OC)cc1CNCCCC1CC1. The standard InChI is InChI=1S/C16H25NO3/c1-18-14-10-16(20-3)15(19-2)9-13(14)11-17-8-4-5-12-6-7-12/h9-10,12,17H,4-8,11H2,1-3H3. The van der Waals surface area contributed by atoms with Gasteiger partial charge in [0.1, 0.15) is 5.75 Å². The normalized spacial score (nSPS) is 14.2. The fraction of sp³-hybridized carbons (Fsp3) is 0.625. The van der Waals surface area contributed by atoms with Gasteiger partial charge in [-0.1, -0.05) is 12.8 Å². The zero-order valence-corrected chi connectivity index (χ0v) is 12.7. The molecule has 1 fully saturated rings. The highest BCUT2D eigenvalue weighted by Gasteiger charge is 2.19. The minimum absolute atomic E-state index is 0.696. The average molecular weight is 279 g/mol. The topological polar surface area (TPSA) is 39.7 Å². The minimum Gasteiger partial charge on any atom is -0.496 e. The molecule has 1 aromatic carbocycles. The zero-order chi connectivity index (χ0) is 14.4. The molecule has 0 saturated heterocycles. The summed E-state index contributed by atoms with van der Waals surface area (Å²) in [5, 5.41) is 3.47. The van der Waals surface area contributed by atoms with E-state index in [4.69, 9.17) is 14.2 Å². The first-order valence-corrected chi connectivity index (χ1v) is 7.28. The van der Waals surface area contributed by atoms with E-state index in [1.807, 2.05) is 12.1 Å². The van der Waals surface area contributed by atoms with Crippen LogP contribution in [-0.2, 0) is 6.54 Å². The highest BCUT2D eigenvalue weighted by atomic mass is 16.5. The van der Waals surface area contributed by atoms with Crippen LogP contribution in [0.4, 0.5) is 0 Å². The number of nitrogens with one attached hydrogen (secondary N) is 1. The molecule has 4 nitrogen and oxygen atoms in total. The zero-order valence-electron chi connectivity index (χ0n) is 12.7. The van der Waals surface area contributed by atoms with Crippen LogP contribution < -0.4 is 19.5 Å². The second-order valence-corrected chi connectivity index (χ2v) is 5.28. The summed E-state index contributed by atoms with van der Waals surface area (Å²) in [6.45, 7) is 1.84. The molecular formula is C16H25NO3. The summed E-state index contributed by atoms with van der Waals surface area (Å²) in [6.07, 6.45) is 5.48. The summed E-state index contributed by atoms with van der Waals surface area (Å²) in [6, 6.07) is 3.85. The molecule has 0 heterocycles. The second kappa shape index (κ2) is 7.39. The van der Waals surface area contributed by atoms with Gasteiger partial charge in [-0.05, 0) is 31.4 Å². The van der Waals surface area contributed by atoms with Gasteiger partial charge in [0.2, 0.25) is 0 Å². The number of ether oxygens (including phenoxy) is 3. The van der Waals surface area contributed by atoms with E-state index in [0.717, 1.165) is 36.1 Å². The maximum absolute atomic E-state index is 5.42. The third kappa shape index (κ3) is 4.04. The van der Waals surface area contributed by atoms with Crippen molar-refractivity contribution < 1.29 is 14.2 Å². The average Bonchev–Trinajstić information content (AvgIpc) is 3.30. The van der Waals surface area contributed by atoms with Crippen LogP contribution in [0.1, 0.15) is 31.2 Å². The van der Waals surface area contributed by atoms with E-state index in [9.17, 15) is 0 Å². The Hall–Kier alpha value is -1.42. The van der Waals surface area contributed by atoms with Crippen molar-refractivity contribution in [2.45, 2.75) is 32.2 Å². The summed E-state index contributed by atoms with van der Waals surface area (Å²) in [5.74, 6) is 3.27. The molecule has 1 aliphatic rings. The molecule has 4 heteroatoms. The molecule has 0 amide bonds. The smallest absolute Gasteiger partial charge is 0.164 e. The van der Waals surface area contributed by atoms with Crippen LogP contribution in [0.15, 0.2) is 12.1 Å². The van der Waals surface area contributed by atoms with Crippen molar-refractivity contribution in [1.82, 2.24) is 5.32 Å². The number of methoxy groups -OCH3 is 3. The maximum Gasteiger partial charge on any atom is 0.164 e. The fourth-order valence-corrected chi connectivity index (χ4v) is 2.38. The van der Waals surface area contributed by atoms with E-state index in [1.165, 1.54) is 25.7 Å². The molecule has 0 bridgehead atoms. The van der Waals surface area contributed by atoms with E-state index in [1.54, 1.807) is 21.3 Å². The first kappa shape index (κ1) is 15.0. The number of hydrogen-bond acceptors (Lipinski definition) is 4. The molecule has 112 valence electrons. The third-order valence-corrected chi connectivity index (χ3v) is 3.76. The van der Waals surface area contributed by atoms with Gasteiger partial charge in [0.25, 0.3) is 0 Å². The first-order chi connectivity index (χ1) is 9.78. The van der Waals surface area contributed by atoms with E-state index >= 15 is 0 Å². The second-order valence-electron chi connectivity index (χ2n) is 5.28. The van der Waals surface area contributed by atoms with Crippen LogP contribution in [-0.4, -0.2) is 27.9 Å². The summed E-state index contributed by atoms with van der Waals surface area (Å²) >= 11 is 0. The number of hydrogen-bond donors (Lipinski definition) is 1. The molecule has 0 unspecified atom stereocenters. The molecule has 0 radical (unpaired) electrons.